The molecule has 10 nitrogen and oxygen atoms in total. The monoisotopic (exact) mass is 568 g/mol. The Morgan fingerprint density at radius 3 is 2.55 bits per heavy atom. The van der Waals surface area contributed by atoms with Gasteiger partial charge in [-0.15, -0.1) is 0 Å². The normalized spacial score (nSPS) is 20.6. The molecule has 1 amide bonds. The number of aromatic nitrogens is 4. The Bertz CT molecular complexity index is 1700. The largest absolute Gasteiger partial charge is 0.396 e. The lowest BCUT2D eigenvalue weighted by atomic mass is 9.80. The number of nitrogens with zero attached hydrogens (tertiary/aromatic N) is 5. The van der Waals surface area contributed by atoms with Crippen molar-refractivity contribution in [2.24, 2.45) is 5.10 Å². The summed E-state index contributed by atoms with van der Waals surface area (Å²) in [6.07, 6.45) is 6.18. The summed E-state index contributed by atoms with van der Waals surface area (Å²) in [4.78, 5) is 30.9. The van der Waals surface area contributed by atoms with Gasteiger partial charge in [-0.3, -0.25) is 14.2 Å². The first-order valence-corrected chi connectivity index (χ1v) is 14.7. The van der Waals surface area contributed by atoms with E-state index in [0.29, 0.717) is 62.0 Å². The number of aliphatic hydroxyl groups is 2. The van der Waals surface area contributed by atoms with Crippen LogP contribution in [0.4, 0.5) is 0 Å². The molecular weight excluding hydrogens is 532 g/mol. The average molecular weight is 569 g/mol. The van der Waals surface area contributed by atoms with E-state index in [0.717, 1.165) is 34.4 Å². The van der Waals surface area contributed by atoms with Crippen LogP contribution in [-0.2, 0) is 17.6 Å². The van der Waals surface area contributed by atoms with Gasteiger partial charge in [-0.25, -0.2) is 9.94 Å². The quantitative estimate of drug-likeness (QED) is 0.283. The van der Waals surface area contributed by atoms with Crippen molar-refractivity contribution in [3.05, 3.63) is 87.6 Å². The van der Waals surface area contributed by atoms with Crippen molar-refractivity contribution in [2.75, 3.05) is 6.61 Å². The third-order valence-corrected chi connectivity index (χ3v) is 8.65. The molecule has 6 rings (SSSR count). The highest BCUT2D eigenvalue weighted by molar-refractivity contribution is 6.16. The SMILES string of the molecule is CCCc1c(Cc2ccc(-c3ccccc3)c(C3=NNC(=O)C3)c2)c(=O)n(C2CCC(O)(CCO)CC2)c2ncnn12. The molecule has 1 aliphatic carbocycles. The highest BCUT2D eigenvalue weighted by atomic mass is 16.3. The van der Waals surface area contributed by atoms with Gasteiger partial charge in [0.15, 0.2) is 0 Å². The smallest absolute Gasteiger partial charge is 0.259 e. The van der Waals surface area contributed by atoms with Crippen molar-refractivity contribution < 1.29 is 15.0 Å². The minimum atomic E-state index is -0.903. The number of hydrogen-bond donors (Lipinski definition) is 3. The van der Waals surface area contributed by atoms with Crippen LogP contribution in [0.15, 0.2) is 64.8 Å². The fraction of sp³-hybridized carbons (Fsp3) is 0.406. The van der Waals surface area contributed by atoms with E-state index in [9.17, 15) is 19.8 Å². The van der Waals surface area contributed by atoms with Gasteiger partial charge in [0.05, 0.1) is 23.4 Å². The number of carbonyl (C=O) groups is 1. The number of hydrogen-bond acceptors (Lipinski definition) is 7. The zero-order valence-corrected chi connectivity index (χ0v) is 23.8. The number of amides is 1. The molecule has 0 bridgehead atoms. The van der Waals surface area contributed by atoms with E-state index in [1.54, 1.807) is 9.08 Å². The Morgan fingerprint density at radius 1 is 1.07 bits per heavy atom. The summed E-state index contributed by atoms with van der Waals surface area (Å²) in [6, 6.07) is 16.0. The molecule has 0 radical (unpaired) electrons. The van der Waals surface area contributed by atoms with Crippen LogP contribution in [0.1, 0.15) is 80.3 Å². The van der Waals surface area contributed by atoms with Crippen LogP contribution in [0.3, 0.4) is 0 Å². The molecule has 1 aliphatic heterocycles. The fourth-order valence-electron chi connectivity index (χ4n) is 6.46. The predicted octanol–water partition coefficient (Wildman–Crippen LogP) is 3.55. The zero-order valence-electron chi connectivity index (χ0n) is 23.8. The summed E-state index contributed by atoms with van der Waals surface area (Å²) in [5.74, 6) is 0.382. The molecule has 1 fully saturated rings. The third kappa shape index (κ3) is 5.28. The Labute approximate surface area is 243 Å². The Kier molecular flexibility index (Phi) is 7.74. The molecular formula is C32H36N6O4. The minimum absolute atomic E-state index is 0.0624. The molecule has 42 heavy (non-hydrogen) atoms. The molecule has 3 N–H and O–H groups in total. The van der Waals surface area contributed by atoms with E-state index in [1.165, 1.54) is 6.33 Å². The summed E-state index contributed by atoms with van der Waals surface area (Å²) in [5, 5.41) is 29.1. The summed E-state index contributed by atoms with van der Waals surface area (Å²) in [6.45, 7) is 2.02. The van der Waals surface area contributed by atoms with E-state index in [2.05, 4.69) is 27.5 Å². The molecule has 3 heterocycles. The van der Waals surface area contributed by atoms with Crippen LogP contribution in [0.2, 0.25) is 0 Å². The number of hydrazone groups is 1. The van der Waals surface area contributed by atoms with Crippen molar-refractivity contribution >= 4 is 17.4 Å². The van der Waals surface area contributed by atoms with Gasteiger partial charge in [0, 0.05) is 30.2 Å². The van der Waals surface area contributed by atoms with Gasteiger partial charge in [-0.05, 0) is 61.3 Å². The summed E-state index contributed by atoms with van der Waals surface area (Å²) >= 11 is 0. The van der Waals surface area contributed by atoms with Gasteiger partial charge in [0.1, 0.15) is 6.33 Å². The van der Waals surface area contributed by atoms with E-state index < -0.39 is 5.60 Å². The lowest BCUT2D eigenvalue weighted by molar-refractivity contribution is -0.119. The van der Waals surface area contributed by atoms with Crippen LogP contribution >= 0.6 is 0 Å². The Hall–Kier alpha value is -4.15. The Balaban J connectivity index is 1.43. The second-order valence-electron chi connectivity index (χ2n) is 11.4. The zero-order chi connectivity index (χ0) is 29.3. The molecule has 2 aliphatic rings. The van der Waals surface area contributed by atoms with Crippen molar-refractivity contribution in [1.82, 2.24) is 24.6 Å². The van der Waals surface area contributed by atoms with Gasteiger partial charge in [0.25, 0.3) is 5.56 Å². The summed E-state index contributed by atoms with van der Waals surface area (Å²) in [5.41, 5.74) is 7.59. The van der Waals surface area contributed by atoms with Crippen molar-refractivity contribution in [2.45, 2.75) is 76.4 Å². The van der Waals surface area contributed by atoms with Gasteiger partial charge in [-0.1, -0.05) is 55.8 Å². The maximum absolute atomic E-state index is 14.3. The van der Waals surface area contributed by atoms with Crippen LogP contribution in [-0.4, -0.2) is 53.2 Å². The maximum atomic E-state index is 14.3. The molecule has 0 atom stereocenters. The van der Waals surface area contributed by atoms with E-state index in [-0.39, 0.29) is 30.5 Å². The molecule has 2 aromatic carbocycles. The first kappa shape index (κ1) is 28.0. The minimum Gasteiger partial charge on any atom is -0.396 e. The lowest BCUT2D eigenvalue weighted by Crippen LogP contribution is -2.39. The first-order chi connectivity index (χ1) is 20.4. The van der Waals surface area contributed by atoms with Crippen molar-refractivity contribution in [1.29, 1.82) is 0 Å². The molecule has 1 saturated carbocycles. The number of aryl methyl sites for hydroxylation is 1. The molecule has 10 heteroatoms. The second kappa shape index (κ2) is 11.6. The Morgan fingerprint density at radius 2 is 1.86 bits per heavy atom. The number of aliphatic hydroxyl groups excluding tert-OH is 1. The number of rotatable bonds is 9. The summed E-state index contributed by atoms with van der Waals surface area (Å²) in [7, 11) is 0. The van der Waals surface area contributed by atoms with Crippen LogP contribution < -0.4 is 11.0 Å². The lowest BCUT2D eigenvalue weighted by Gasteiger charge is -2.36. The average Bonchev–Trinajstić information content (AvgIpc) is 3.66. The highest BCUT2D eigenvalue weighted by Gasteiger charge is 2.35. The van der Waals surface area contributed by atoms with Gasteiger partial charge in [0.2, 0.25) is 11.7 Å². The standard InChI is InChI=1S/C32H36N6O4/c1-2-6-28-26(30(41)37(31-33-20-34-38(28)31)23-11-13-32(42,14-12-23)15-16-39)18-21-9-10-24(22-7-4-3-5-8-22)25(17-21)27-19-29(40)36-35-27/h3-5,7-10,17,20,23,39,42H,2,6,11-16,18-19H2,1H3,(H,36,40). The molecule has 4 aromatic rings. The molecule has 0 saturated heterocycles. The highest BCUT2D eigenvalue weighted by Crippen LogP contribution is 2.37. The number of fused-ring (bicyclic) bond motifs is 1. The van der Waals surface area contributed by atoms with Gasteiger partial charge >= 0.3 is 0 Å². The molecule has 218 valence electrons. The van der Waals surface area contributed by atoms with E-state index in [1.807, 2.05) is 48.5 Å². The van der Waals surface area contributed by atoms with Gasteiger partial charge < -0.3 is 10.2 Å². The molecule has 2 aromatic heterocycles. The second-order valence-corrected chi connectivity index (χ2v) is 11.4. The molecule has 0 unspecified atom stereocenters. The van der Waals surface area contributed by atoms with Crippen molar-refractivity contribution in [3.8, 4) is 11.1 Å². The molecule has 0 spiro atoms. The van der Waals surface area contributed by atoms with E-state index in [4.69, 9.17) is 0 Å². The van der Waals surface area contributed by atoms with Crippen molar-refractivity contribution in [3.63, 3.8) is 0 Å². The topological polar surface area (TPSA) is 134 Å². The maximum Gasteiger partial charge on any atom is 0.259 e. The predicted molar refractivity (Wildman–Crippen MR) is 159 cm³/mol. The summed E-state index contributed by atoms with van der Waals surface area (Å²) < 4.78 is 3.57. The van der Waals surface area contributed by atoms with Crippen LogP contribution in [0.25, 0.3) is 16.9 Å². The third-order valence-electron chi connectivity index (χ3n) is 8.65. The van der Waals surface area contributed by atoms with Crippen LogP contribution in [0, 0.1) is 0 Å². The fourth-order valence-corrected chi connectivity index (χ4v) is 6.46. The first-order valence-electron chi connectivity index (χ1n) is 14.7. The van der Waals surface area contributed by atoms with Gasteiger partial charge in [-0.2, -0.15) is 15.2 Å². The number of carbonyl (C=O) groups excluding carboxylic acids is 1. The van der Waals surface area contributed by atoms with E-state index >= 15 is 0 Å². The van der Waals surface area contributed by atoms with Crippen LogP contribution in [0.5, 0.6) is 0 Å². The number of benzene rings is 2. The number of nitrogens with one attached hydrogen (secondary N) is 1.